The number of nitrogens with one attached hydrogen (secondary N) is 1. The highest BCUT2D eigenvalue weighted by Gasteiger charge is 2.06. The van der Waals surface area contributed by atoms with Gasteiger partial charge in [0.2, 0.25) is 0 Å². The Hall–Kier alpha value is -1.55. The van der Waals surface area contributed by atoms with Gasteiger partial charge in [0, 0.05) is 25.9 Å². The summed E-state index contributed by atoms with van der Waals surface area (Å²) in [5, 5.41) is 12.1. The van der Waals surface area contributed by atoms with Gasteiger partial charge in [-0.2, -0.15) is 0 Å². The molecule has 0 aliphatic rings. The van der Waals surface area contributed by atoms with Crippen LogP contribution in [-0.2, 0) is 4.74 Å². The second-order valence-corrected chi connectivity index (χ2v) is 3.61. The number of hydrogen-bond acceptors (Lipinski definition) is 3. The Morgan fingerprint density at radius 2 is 2.25 bits per heavy atom. The van der Waals surface area contributed by atoms with Gasteiger partial charge in [0.1, 0.15) is 0 Å². The third kappa shape index (κ3) is 3.55. The second-order valence-electron chi connectivity index (χ2n) is 3.61. The minimum Gasteiger partial charge on any atom is -0.478 e. The molecule has 0 fully saturated rings. The van der Waals surface area contributed by atoms with Crippen molar-refractivity contribution in [3.8, 4) is 0 Å². The molecule has 16 heavy (non-hydrogen) atoms. The minimum absolute atomic E-state index is 0.349. The summed E-state index contributed by atoms with van der Waals surface area (Å²) in [5.74, 6) is -0.886. The van der Waals surface area contributed by atoms with E-state index in [-0.39, 0.29) is 0 Å². The lowest BCUT2D eigenvalue weighted by Crippen LogP contribution is -2.06. The van der Waals surface area contributed by atoms with E-state index >= 15 is 0 Å². The monoisotopic (exact) mass is 223 g/mol. The van der Waals surface area contributed by atoms with Gasteiger partial charge in [-0.1, -0.05) is 0 Å². The number of aromatic carboxylic acids is 1. The molecule has 0 atom stereocenters. The molecule has 88 valence electrons. The molecule has 0 aliphatic heterocycles. The number of carbonyl (C=O) groups is 1. The van der Waals surface area contributed by atoms with Gasteiger partial charge in [-0.15, -0.1) is 0 Å². The largest absolute Gasteiger partial charge is 0.478 e. The summed E-state index contributed by atoms with van der Waals surface area (Å²) >= 11 is 0. The SMILES string of the molecule is COCCCNc1ccc(C(=O)O)c(C)c1. The first-order valence-corrected chi connectivity index (χ1v) is 5.22. The number of anilines is 1. The highest BCUT2D eigenvalue weighted by Crippen LogP contribution is 2.15. The van der Waals surface area contributed by atoms with Crippen molar-refractivity contribution < 1.29 is 14.6 Å². The van der Waals surface area contributed by atoms with Gasteiger partial charge < -0.3 is 15.2 Å². The van der Waals surface area contributed by atoms with E-state index in [9.17, 15) is 4.79 Å². The van der Waals surface area contributed by atoms with Crippen molar-refractivity contribution in [1.82, 2.24) is 0 Å². The molecule has 0 unspecified atom stereocenters. The summed E-state index contributed by atoms with van der Waals surface area (Å²) in [4.78, 5) is 10.8. The molecule has 1 aromatic rings. The van der Waals surface area contributed by atoms with E-state index in [4.69, 9.17) is 9.84 Å². The maximum atomic E-state index is 10.8. The molecule has 0 saturated carbocycles. The van der Waals surface area contributed by atoms with Crippen LogP contribution in [0.4, 0.5) is 5.69 Å². The fourth-order valence-electron chi connectivity index (χ4n) is 1.46. The van der Waals surface area contributed by atoms with E-state index < -0.39 is 5.97 Å². The van der Waals surface area contributed by atoms with E-state index in [1.54, 1.807) is 26.2 Å². The molecule has 4 heteroatoms. The van der Waals surface area contributed by atoms with Gasteiger partial charge >= 0.3 is 5.97 Å². The molecule has 1 rings (SSSR count). The molecule has 0 radical (unpaired) electrons. The van der Waals surface area contributed by atoms with Crippen LogP contribution in [0.1, 0.15) is 22.3 Å². The van der Waals surface area contributed by atoms with Crippen molar-refractivity contribution in [3.63, 3.8) is 0 Å². The molecule has 0 saturated heterocycles. The first-order chi connectivity index (χ1) is 7.65. The zero-order valence-corrected chi connectivity index (χ0v) is 9.62. The lowest BCUT2D eigenvalue weighted by atomic mass is 10.1. The van der Waals surface area contributed by atoms with Crippen LogP contribution in [0.5, 0.6) is 0 Å². The quantitative estimate of drug-likeness (QED) is 0.725. The average Bonchev–Trinajstić information content (AvgIpc) is 2.24. The number of rotatable bonds is 6. The molecule has 0 bridgehead atoms. The summed E-state index contributed by atoms with van der Waals surface area (Å²) in [6.45, 7) is 3.34. The molecule has 0 spiro atoms. The molecule has 4 nitrogen and oxygen atoms in total. The van der Waals surface area contributed by atoms with Gasteiger partial charge in [-0.25, -0.2) is 4.79 Å². The van der Waals surface area contributed by atoms with Crippen LogP contribution in [0.15, 0.2) is 18.2 Å². The third-order valence-electron chi connectivity index (χ3n) is 2.31. The molecule has 0 heterocycles. The molecular weight excluding hydrogens is 206 g/mol. The number of aryl methyl sites for hydroxylation is 1. The minimum atomic E-state index is -0.886. The zero-order chi connectivity index (χ0) is 12.0. The van der Waals surface area contributed by atoms with Crippen LogP contribution in [0.25, 0.3) is 0 Å². The number of benzene rings is 1. The first kappa shape index (κ1) is 12.5. The Bertz CT molecular complexity index is 363. The van der Waals surface area contributed by atoms with E-state index in [0.29, 0.717) is 5.56 Å². The number of carboxylic acid groups (broad SMARTS) is 1. The van der Waals surface area contributed by atoms with Crippen LogP contribution in [0, 0.1) is 6.92 Å². The standard InChI is InChI=1S/C12H17NO3/c1-9-8-10(13-6-3-7-16-2)4-5-11(9)12(14)15/h4-5,8,13H,3,6-7H2,1-2H3,(H,14,15). The molecule has 0 amide bonds. The van der Waals surface area contributed by atoms with Crippen molar-refractivity contribution in [2.24, 2.45) is 0 Å². The molecule has 0 aromatic heterocycles. The van der Waals surface area contributed by atoms with Crippen molar-refractivity contribution in [1.29, 1.82) is 0 Å². The van der Waals surface area contributed by atoms with Crippen LogP contribution in [-0.4, -0.2) is 31.3 Å². The van der Waals surface area contributed by atoms with Crippen molar-refractivity contribution in [2.45, 2.75) is 13.3 Å². The predicted octanol–water partition coefficient (Wildman–Crippen LogP) is 2.14. The van der Waals surface area contributed by atoms with Crippen molar-refractivity contribution in [2.75, 3.05) is 25.6 Å². The van der Waals surface area contributed by atoms with Crippen LogP contribution in [0.3, 0.4) is 0 Å². The Kier molecular flexibility index (Phi) is 4.79. The van der Waals surface area contributed by atoms with Gasteiger partial charge in [0.15, 0.2) is 0 Å². The van der Waals surface area contributed by atoms with Gasteiger partial charge in [0.05, 0.1) is 5.56 Å². The van der Waals surface area contributed by atoms with Gasteiger partial charge in [-0.05, 0) is 37.1 Å². The molecular formula is C12H17NO3. The van der Waals surface area contributed by atoms with Crippen LogP contribution in [0.2, 0.25) is 0 Å². The highest BCUT2D eigenvalue weighted by atomic mass is 16.5. The Morgan fingerprint density at radius 3 is 2.81 bits per heavy atom. The summed E-state index contributed by atoms with van der Waals surface area (Å²) in [5.41, 5.74) is 2.06. The normalized spacial score (nSPS) is 10.1. The third-order valence-corrected chi connectivity index (χ3v) is 2.31. The molecule has 0 aliphatic carbocycles. The molecule has 1 aromatic carbocycles. The Balaban J connectivity index is 2.56. The van der Waals surface area contributed by atoms with Crippen molar-refractivity contribution >= 4 is 11.7 Å². The number of ether oxygens (including phenoxy) is 1. The maximum absolute atomic E-state index is 10.8. The predicted molar refractivity (Wildman–Crippen MR) is 63.1 cm³/mol. The lowest BCUT2D eigenvalue weighted by Gasteiger charge is -2.08. The fraction of sp³-hybridized carbons (Fsp3) is 0.417. The van der Waals surface area contributed by atoms with Gasteiger partial charge in [0.25, 0.3) is 0 Å². The van der Waals surface area contributed by atoms with E-state index in [1.807, 2.05) is 6.07 Å². The number of methoxy groups -OCH3 is 1. The van der Waals surface area contributed by atoms with Crippen LogP contribution >= 0.6 is 0 Å². The molecule has 2 N–H and O–H groups in total. The Labute approximate surface area is 95.2 Å². The van der Waals surface area contributed by atoms with E-state index in [0.717, 1.165) is 30.8 Å². The zero-order valence-electron chi connectivity index (χ0n) is 9.62. The topological polar surface area (TPSA) is 58.6 Å². The summed E-state index contributed by atoms with van der Waals surface area (Å²) in [7, 11) is 1.67. The summed E-state index contributed by atoms with van der Waals surface area (Å²) in [6.07, 6.45) is 0.927. The second kappa shape index (κ2) is 6.12. The maximum Gasteiger partial charge on any atom is 0.335 e. The van der Waals surface area contributed by atoms with E-state index in [2.05, 4.69) is 5.32 Å². The number of carboxylic acids is 1. The first-order valence-electron chi connectivity index (χ1n) is 5.22. The smallest absolute Gasteiger partial charge is 0.335 e. The number of hydrogen-bond donors (Lipinski definition) is 2. The summed E-state index contributed by atoms with van der Waals surface area (Å²) in [6, 6.07) is 5.25. The highest BCUT2D eigenvalue weighted by molar-refractivity contribution is 5.89. The average molecular weight is 223 g/mol. The Morgan fingerprint density at radius 1 is 1.50 bits per heavy atom. The fourth-order valence-corrected chi connectivity index (χ4v) is 1.46. The van der Waals surface area contributed by atoms with Crippen molar-refractivity contribution in [3.05, 3.63) is 29.3 Å². The van der Waals surface area contributed by atoms with E-state index in [1.165, 1.54) is 0 Å². The lowest BCUT2D eigenvalue weighted by molar-refractivity contribution is 0.0696. The summed E-state index contributed by atoms with van der Waals surface area (Å²) < 4.78 is 4.94. The van der Waals surface area contributed by atoms with Crippen LogP contribution < -0.4 is 5.32 Å². The van der Waals surface area contributed by atoms with Gasteiger partial charge in [-0.3, -0.25) is 0 Å².